The van der Waals surface area contributed by atoms with Gasteiger partial charge in [0.25, 0.3) is 0 Å². The molecule has 4 nitrogen and oxygen atoms in total. The normalized spacial score (nSPS) is 12.0. The van der Waals surface area contributed by atoms with Crippen molar-refractivity contribution in [3.63, 3.8) is 0 Å². The van der Waals surface area contributed by atoms with Crippen LogP contribution in [0.4, 0.5) is 0 Å². The van der Waals surface area contributed by atoms with E-state index in [0.717, 1.165) is 11.0 Å². The van der Waals surface area contributed by atoms with Crippen LogP contribution in [0, 0.1) is 0 Å². The van der Waals surface area contributed by atoms with E-state index in [1.165, 1.54) is 0 Å². The Morgan fingerprint density at radius 2 is 2.09 bits per heavy atom. The fraction of sp³-hybridized carbons (Fsp3) is 0.800. The van der Waals surface area contributed by atoms with Gasteiger partial charge in [-0.05, 0) is 41.9 Å². The number of hydrogen-bond donors (Lipinski definition) is 0. The number of tetrazole rings is 1. The van der Waals surface area contributed by atoms with E-state index in [1.807, 2.05) is 20.8 Å². The summed E-state index contributed by atoms with van der Waals surface area (Å²) in [5, 5.41) is 11.7. The predicted octanol–water partition coefficient (Wildman–Crippen LogP) is 1.67. The Morgan fingerprint density at radius 3 is 2.45 bits per heavy atom. The summed E-state index contributed by atoms with van der Waals surface area (Å²) in [4.78, 5) is 0. The molecule has 0 atom stereocenters. The third-order valence-electron chi connectivity index (χ3n) is 1.15. The topological polar surface area (TPSA) is 43.6 Å². The summed E-state index contributed by atoms with van der Waals surface area (Å²) < 4.78 is 1.69. The first-order chi connectivity index (χ1) is 5.05. The fourth-order valence-electron chi connectivity index (χ4n) is 0.648. The van der Waals surface area contributed by atoms with Crippen LogP contribution in [-0.4, -0.2) is 20.2 Å². The average molecular weight is 193 g/mol. The van der Waals surface area contributed by atoms with Gasteiger partial charge in [-0.1, -0.05) is 0 Å². The van der Waals surface area contributed by atoms with Crippen LogP contribution in [0.3, 0.4) is 0 Å². The van der Waals surface area contributed by atoms with Gasteiger partial charge >= 0.3 is 0 Å². The van der Waals surface area contributed by atoms with E-state index in [0.29, 0.717) is 5.16 Å². The molecule has 0 aromatic carbocycles. The summed E-state index contributed by atoms with van der Waals surface area (Å²) in [6, 6.07) is 0. The number of aromatic nitrogens is 4. The van der Waals surface area contributed by atoms with E-state index >= 15 is 0 Å². The first kappa shape index (κ1) is 8.80. The molecule has 0 N–H and O–H groups in total. The third kappa shape index (κ3) is 1.84. The van der Waals surface area contributed by atoms with Crippen LogP contribution < -0.4 is 0 Å². The molecule has 0 bridgehead atoms. The van der Waals surface area contributed by atoms with Crippen LogP contribution in [-0.2, 0) is 5.54 Å². The summed E-state index contributed by atoms with van der Waals surface area (Å²) in [5.41, 5.74) is -0.110. The molecule has 0 saturated heterocycles. The minimum Gasteiger partial charge on any atom is -0.214 e. The molecule has 0 fully saturated rings. The Bertz CT molecular complexity index is 241. The van der Waals surface area contributed by atoms with Gasteiger partial charge in [-0.15, -0.1) is 5.10 Å². The average Bonchev–Trinajstić information content (AvgIpc) is 2.31. The van der Waals surface area contributed by atoms with Crippen molar-refractivity contribution in [1.82, 2.24) is 20.2 Å². The molecule has 6 heteroatoms. The lowest BCUT2D eigenvalue weighted by Gasteiger charge is -2.18. The molecule has 0 spiro atoms. The molecule has 1 rings (SSSR count). The zero-order valence-corrected chi connectivity index (χ0v) is 8.15. The van der Waals surface area contributed by atoms with Crippen molar-refractivity contribution in [2.24, 2.45) is 0 Å². The predicted molar refractivity (Wildman–Crippen MR) is 44.5 cm³/mol. The lowest BCUT2D eigenvalue weighted by Crippen LogP contribution is -2.23. The maximum atomic E-state index is 5.53. The highest BCUT2D eigenvalue weighted by Crippen LogP contribution is 2.23. The standard InChI is InChI=1S/C5H9ClN4S/c1-5(2,3)10-4(11-6)7-8-9-10/h1-3H3. The summed E-state index contributed by atoms with van der Waals surface area (Å²) in [6.07, 6.45) is 0. The van der Waals surface area contributed by atoms with Crippen LogP contribution in [0.25, 0.3) is 0 Å². The fourth-order valence-corrected chi connectivity index (χ4v) is 1.38. The second-order valence-corrected chi connectivity index (χ2v) is 4.10. The maximum Gasteiger partial charge on any atom is 0.225 e. The van der Waals surface area contributed by atoms with Crippen molar-refractivity contribution >= 4 is 21.7 Å². The van der Waals surface area contributed by atoms with E-state index in [4.69, 9.17) is 10.7 Å². The number of halogens is 1. The highest BCUT2D eigenvalue weighted by molar-refractivity contribution is 8.21. The summed E-state index contributed by atoms with van der Waals surface area (Å²) in [6.45, 7) is 6.04. The molecule has 1 heterocycles. The molecule has 0 saturated carbocycles. The lowest BCUT2D eigenvalue weighted by molar-refractivity contribution is 0.321. The highest BCUT2D eigenvalue weighted by atomic mass is 35.7. The van der Waals surface area contributed by atoms with Gasteiger partial charge in [0.05, 0.1) is 5.54 Å². The van der Waals surface area contributed by atoms with Crippen molar-refractivity contribution in [2.75, 3.05) is 0 Å². The monoisotopic (exact) mass is 192 g/mol. The Balaban J connectivity index is 3.02. The number of nitrogens with zero attached hydrogens (tertiary/aromatic N) is 4. The maximum absolute atomic E-state index is 5.53. The Morgan fingerprint density at radius 1 is 1.45 bits per heavy atom. The van der Waals surface area contributed by atoms with Crippen molar-refractivity contribution in [2.45, 2.75) is 31.5 Å². The molecule has 0 aliphatic heterocycles. The molecule has 1 aromatic rings. The van der Waals surface area contributed by atoms with Gasteiger partial charge < -0.3 is 0 Å². The second-order valence-electron chi connectivity index (χ2n) is 3.12. The first-order valence-corrected chi connectivity index (χ1v) is 4.77. The summed E-state index contributed by atoms with van der Waals surface area (Å²) >= 11 is 0. The molecule has 0 radical (unpaired) electrons. The molecule has 0 unspecified atom stereocenters. The van der Waals surface area contributed by atoms with E-state index in [2.05, 4.69) is 15.5 Å². The van der Waals surface area contributed by atoms with E-state index in [1.54, 1.807) is 4.68 Å². The zero-order valence-electron chi connectivity index (χ0n) is 6.58. The molecule has 62 valence electrons. The van der Waals surface area contributed by atoms with Crippen LogP contribution >= 0.6 is 21.7 Å². The van der Waals surface area contributed by atoms with Crippen molar-refractivity contribution in [3.05, 3.63) is 0 Å². The van der Waals surface area contributed by atoms with Gasteiger partial charge in [0, 0.05) is 11.0 Å². The van der Waals surface area contributed by atoms with Crippen molar-refractivity contribution in [1.29, 1.82) is 0 Å². The molecule has 0 aliphatic rings. The van der Waals surface area contributed by atoms with E-state index in [-0.39, 0.29) is 5.54 Å². The Labute approximate surface area is 73.8 Å². The summed E-state index contributed by atoms with van der Waals surface area (Å²) in [7, 11) is 6.56. The van der Waals surface area contributed by atoms with Gasteiger partial charge in [-0.3, -0.25) is 0 Å². The SMILES string of the molecule is CC(C)(C)n1nnnc1SCl. The quantitative estimate of drug-likeness (QED) is 0.679. The first-order valence-electron chi connectivity index (χ1n) is 3.13. The van der Waals surface area contributed by atoms with Gasteiger partial charge in [-0.2, -0.15) is 0 Å². The molecule has 11 heavy (non-hydrogen) atoms. The Kier molecular flexibility index (Phi) is 2.39. The van der Waals surface area contributed by atoms with E-state index < -0.39 is 0 Å². The minimum atomic E-state index is -0.110. The van der Waals surface area contributed by atoms with Crippen LogP contribution in [0.1, 0.15) is 20.8 Å². The van der Waals surface area contributed by atoms with Crippen LogP contribution in [0.5, 0.6) is 0 Å². The molecule has 1 aromatic heterocycles. The van der Waals surface area contributed by atoms with Gasteiger partial charge in [-0.25, -0.2) is 4.68 Å². The van der Waals surface area contributed by atoms with Crippen LogP contribution in [0.15, 0.2) is 5.16 Å². The Hall–Kier alpha value is -0.290. The zero-order chi connectivity index (χ0) is 8.48. The largest absolute Gasteiger partial charge is 0.225 e. The summed E-state index contributed by atoms with van der Waals surface area (Å²) in [5.74, 6) is 0. The molecule has 0 amide bonds. The van der Waals surface area contributed by atoms with Crippen LogP contribution in [0.2, 0.25) is 0 Å². The lowest BCUT2D eigenvalue weighted by atomic mass is 10.1. The highest BCUT2D eigenvalue weighted by Gasteiger charge is 2.19. The number of hydrogen-bond acceptors (Lipinski definition) is 4. The second kappa shape index (κ2) is 2.98. The smallest absolute Gasteiger partial charge is 0.214 e. The van der Waals surface area contributed by atoms with Crippen molar-refractivity contribution < 1.29 is 0 Å². The molecular weight excluding hydrogens is 184 g/mol. The van der Waals surface area contributed by atoms with Gasteiger partial charge in [0.15, 0.2) is 0 Å². The molecular formula is C5H9ClN4S. The van der Waals surface area contributed by atoms with Crippen molar-refractivity contribution in [3.8, 4) is 0 Å². The number of rotatable bonds is 1. The van der Waals surface area contributed by atoms with Gasteiger partial charge in [0.2, 0.25) is 5.16 Å². The third-order valence-corrected chi connectivity index (χ3v) is 1.95. The van der Waals surface area contributed by atoms with Gasteiger partial charge in [0.1, 0.15) is 0 Å². The van der Waals surface area contributed by atoms with E-state index in [9.17, 15) is 0 Å². The minimum absolute atomic E-state index is 0.110. The molecule has 0 aliphatic carbocycles.